The molecular formula is C27H42O4. The Morgan fingerprint density at radius 3 is 2.55 bits per heavy atom. The predicted octanol–water partition coefficient (Wildman–Crippen LogP) is 4.97. The highest BCUT2D eigenvalue weighted by Crippen LogP contribution is 2.70. The van der Waals surface area contributed by atoms with Gasteiger partial charge in [-0.15, -0.1) is 0 Å². The lowest BCUT2D eigenvalue weighted by Gasteiger charge is -2.60. The predicted molar refractivity (Wildman–Crippen MR) is 118 cm³/mol. The van der Waals surface area contributed by atoms with Gasteiger partial charge in [-0.05, 0) is 80.0 Å². The summed E-state index contributed by atoms with van der Waals surface area (Å²) in [5, 5.41) is 10.3. The molecule has 6 fully saturated rings. The van der Waals surface area contributed by atoms with Crippen molar-refractivity contribution in [3.05, 3.63) is 0 Å². The molecular weight excluding hydrogens is 388 g/mol. The topological polar surface area (TPSA) is 55.8 Å². The molecule has 6 aliphatic rings. The molecule has 6 rings (SSSR count). The molecule has 31 heavy (non-hydrogen) atoms. The van der Waals surface area contributed by atoms with E-state index in [1.807, 2.05) is 0 Å². The zero-order valence-corrected chi connectivity index (χ0v) is 19.9. The van der Waals surface area contributed by atoms with Crippen molar-refractivity contribution in [1.82, 2.24) is 0 Å². The molecule has 4 saturated carbocycles. The molecule has 0 unspecified atom stereocenters. The highest BCUT2D eigenvalue weighted by Gasteiger charge is 2.71. The number of rotatable bonds is 0. The average Bonchev–Trinajstić information content (AvgIpc) is 3.18. The van der Waals surface area contributed by atoms with Gasteiger partial charge in [0.1, 0.15) is 5.78 Å². The van der Waals surface area contributed by atoms with Crippen LogP contribution in [0, 0.1) is 52.3 Å². The van der Waals surface area contributed by atoms with Crippen molar-refractivity contribution in [2.45, 2.75) is 103 Å². The van der Waals surface area contributed by atoms with E-state index >= 15 is 0 Å². The van der Waals surface area contributed by atoms with Gasteiger partial charge < -0.3 is 14.6 Å². The fourth-order valence-electron chi connectivity index (χ4n) is 9.93. The second kappa shape index (κ2) is 6.79. The summed E-state index contributed by atoms with van der Waals surface area (Å²) in [6.45, 7) is 10.1. The number of fused-ring (bicyclic) bond motifs is 7. The van der Waals surface area contributed by atoms with Gasteiger partial charge >= 0.3 is 0 Å². The van der Waals surface area contributed by atoms with Gasteiger partial charge in [-0.2, -0.15) is 0 Å². The third kappa shape index (κ3) is 2.68. The molecule has 2 aliphatic heterocycles. The van der Waals surface area contributed by atoms with Crippen LogP contribution < -0.4 is 0 Å². The molecule has 0 aromatic heterocycles. The van der Waals surface area contributed by atoms with Crippen LogP contribution in [0.4, 0.5) is 0 Å². The Morgan fingerprint density at radius 1 is 1.00 bits per heavy atom. The largest absolute Gasteiger partial charge is 0.393 e. The van der Waals surface area contributed by atoms with Gasteiger partial charge in [-0.1, -0.05) is 27.7 Å². The first-order valence-electron chi connectivity index (χ1n) is 13.2. The molecule has 4 nitrogen and oxygen atoms in total. The molecule has 12 atom stereocenters. The van der Waals surface area contributed by atoms with Crippen LogP contribution in [0.25, 0.3) is 0 Å². The number of ketones is 1. The summed E-state index contributed by atoms with van der Waals surface area (Å²) in [6, 6.07) is 0. The lowest BCUT2D eigenvalue weighted by atomic mass is 9.44. The summed E-state index contributed by atoms with van der Waals surface area (Å²) in [6.07, 6.45) is 9.39. The molecule has 1 N–H and O–H groups in total. The van der Waals surface area contributed by atoms with Gasteiger partial charge in [0.25, 0.3) is 0 Å². The van der Waals surface area contributed by atoms with E-state index in [2.05, 4.69) is 27.7 Å². The van der Waals surface area contributed by atoms with Crippen molar-refractivity contribution >= 4 is 5.78 Å². The van der Waals surface area contributed by atoms with Gasteiger partial charge in [0, 0.05) is 30.1 Å². The van der Waals surface area contributed by atoms with Crippen molar-refractivity contribution in [2.24, 2.45) is 52.3 Å². The molecule has 174 valence electrons. The third-order valence-corrected chi connectivity index (χ3v) is 11.8. The number of carbonyl (C=O) groups excluding carboxylic acids is 1. The normalized spacial score (nSPS) is 60.9. The quantitative estimate of drug-likeness (QED) is 0.589. The average molecular weight is 431 g/mol. The summed E-state index contributed by atoms with van der Waals surface area (Å²) >= 11 is 0. The molecule has 1 spiro atoms. The third-order valence-electron chi connectivity index (χ3n) is 11.8. The molecule has 0 aromatic carbocycles. The molecule has 2 heterocycles. The van der Waals surface area contributed by atoms with Crippen LogP contribution in [-0.4, -0.2) is 35.5 Å². The summed E-state index contributed by atoms with van der Waals surface area (Å²) in [5.41, 5.74) is -0.0221. The summed E-state index contributed by atoms with van der Waals surface area (Å²) in [5.74, 6) is 3.45. The Labute approximate surface area is 187 Å². The Bertz CT molecular complexity index is 756. The lowest BCUT2D eigenvalue weighted by molar-refractivity contribution is -0.272. The number of aliphatic hydroxyl groups excluding tert-OH is 1. The van der Waals surface area contributed by atoms with Crippen LogP contribution in [0.2, 0.25) is 0 Å². The van der Waals surface area contributed by atoms with Crippen molar-refractivity contribution in [3.63, 3.8) is 0 Å². The maximum atomic E-state index is 14.0. The van der Waals surface area contributed by atoms with Crippen LogP contribution in [0.5, 0.6) is 0 Å². The molecule has 0 bridgehead atoms. The Hall–Kier alpha value is -0.450. The van der Waals surface area contributed by atoms with Gasteiger partial charge in [-0.3, -0.25) is 4.79 Å². The van der Waals surface area contributed by atoms with E-state index in [9.17, 15) is 9.90 Å². The summed E-state index contributed by atoms with van der Waals surface area (Å²) in [4.78, 5) is 14.0. The van der Waals surface area contributed by atoms with Crippen LogP contribution in [0.3, 0.4) is 0 Å². The van der Waals surface area contributed by atoms with Gasteiger partial charge in [0.2, 0.25) is 0 Å². The maximum Gasteiger partial charge on any atom is 0.171 e. The van der Waals surface area contributed by atoms with Gasteiger partial charge in [0.05, 0.1) is 18.8 Å². The van der Waals surface area contributed by atoms with E-state index < -0.39 is 5.79 Å². The Kier molecular flexibility index (Phi) is 4.62. The SMILES string of the molecule is C[C@H]1CC[C@@]2(OC1)O[C@H]1C[C@H]3[C@@H]4CC[C@H]5C[C@@H](O)CC[C@]5(C)[C@H]4CC(=O)[C@]3(C)[C@H]1[C@H]2C. The monoisotopic (exact) mass is 430 g/mol. The van der Waals surface area contributed by atoms with Crippen LogP contribution in [0.15, 0.2) is 0 Å². The minimum Gasteiger partial charge on any atom is -0.393 e. The van der Waals surface area contributed by atoms with Gasteiger partial charge in [0.15, 0.2) is 5.79 Å². The minimum atomic E-state index is -0.448. The molecule has 0 radical (unpaired) electrons. The smallest absolute Gasteiger partial charge is 0.171 e. The van der Waals surface area contributed by atoms with E-state index in [-0.39, 0.29) is 29.0 Å². The van der Waals surface area contributed by atoms with E-state index in [4.69, 9.17) is 9.47 Å². The second-order valence-electron chi connectivity index (χ2n) is 13.0. The second-order valence-corrected chi connectivity index (χ2v) is 13.0. The summed E-state index contributed by atoms with van der Waals surface area (Å²) < 4.78 is 13.2. The highest BCUT2D eigenvalue weighted by molar-refractivity contribution is 5.87. The molecule has 0 amide bonds. The zero-order valence-electron chi connectivity index (χ0n) is 19.9. The number of hydrogen-bond acceptors (Lipinski definition) is 4. The van der Waals surface area contributed by atoms with E-state index in [0.717, 1.165) is 51.6 Å². The first kappa shape index (κ1) is 21.1. The maximum absolute atomic E-state index is 14.0. The molecule has 0 aromatic rings. The van der Waals surface area contributed by atoms with Gasteiger partial charge in [-0.25, -0.2) is 0 Å². The summed E-state index contributed by atoms with van der Waals surface area (Å²) in [7, 11) is 0. The molecule has 4 aliphatic carbocycles. The van der Waals surface area contributed by atoms with Crippen molar-refractivity contribution in [2.75, 3.05) is 6.61 Å². The first-order valence-corrected chi connectivity index (χ1v) is 13.2. The molecule has 2 saturated heterocycles. The van der Waals surface area contributed by atoms with Crippen molar-refractivity contribution in [1.29, 1.82) is 0 Å². The highest BCUT2D eigenvalue weighted by atomic mass is 16.7. The first-order chi connectivity index (χ1) is 14.7. The Morgan fingerprint density at radius 2 is 1.81 bits per heavy atom. The van der Waals surface area contributed by atoms with Crippen molar-refractivity contribution < 1.29 is 19.4 Å². The number of carbonyl (C=O) groups is 1. The van der Waals surface area contributed by atoms with Crippen molar-refractivity contribution in [3.8, 4) is 0 Å². The van der Waals surface area contributed by atoms with E-state index in [1.165, 1.54) is 12.8 Å². The fourth-order valence-corrected chi connectivity index (χ4v) is 9.93. The number of ether oxygens (including phenoxy) is 2. The molecule has 4 heteroatoms. The van der Waals surface area contributed by atoms with Crippen LogP contribution >= 0.6 is 0 Å². The Balaban J connectivity index is 1.30. The zero-order chi connectivity index (χ0) is 21.8. The van der Waals surface area contributed by atoms with E-state index in [0.29, 0.717) is 41.3 Å². The van der Waals surface area contributed by atoms with Crippen LogP contribution in [0.1, 0.15) is 85.5 Å². The number of hydrogen-bond donors (Lipinski definition) is 1. The van der Waals surface area contributed by atoms with E-state index in [1.54, 1.807) is 0 Å². The number of aliphatic hydroxyl groups is 1. The number of Topliss-reactive ketones (excluding diaryl/α,β-unsaturated/α-hetero) is 1. The van der Waals surface area contributed by atoms with Crippen LogP contribution in [-0.2, 0) is 14.3 Å². The lowest BCUT2D eigenvalue weighted by Crippen LogP contribution is -2.58. The minimum absolute atomic E-state index is 0.131. The fraction of sp³-hybridized carbons (Fsp3) is 0.963. The standard InChI is InChI=1S/C27H42O4/c1-15-7-10-27(30-14-15)16(2)24-22(31-27)12-21-19-6-5-17-11-18(28)8-9-25(17,3)20(19)13-23(29)26(21,24)4/h15-22,24,28H,5-14H2,1-4H3/t15-,16+,17-,18-,19+,20-,21-,22-,24-,25-,26+,27+/m0/s1.